The number of carbonyl (C=O) groups excluding carboxylic acids is 2. The maximum absolute atomic E-state index is 14.1. The van der Waals surface area contributed by atoms with Crippen LogP contribution in [0.25, 0.3) is 10.2 Å². The number of carboxylic acids is 1. The second-order valence-corrected chi connectivity index (χ2v) is 12.6. The van der Waals surface area contributed by atoms with Crippen LogP contribution < -0.4 is 15.4 Å². The molecule has 0 bridgehead atoms. The minimum Gasteiger partial charge on any atom is -0.479 e. The number of amides is 2. The molecule has 0 radical (unpaired) electrons. The van der Waals surface area contributed by atoms with E-state index < -0.39 is 41.4 Å². The third-order valence-corrected chi connectivity index (χ3v) is 9.66. The number of nitrogens with zero attached hydrogens (tertiary/aromatic N) is 2. The van der Waals surface area contributed by atoms with Gasteiger partial charge < -0.3 is 25.4 Å². The summed E-state index contributed by atoms with van der Waals surface area (Å²) in [6.07, 6.45) is 5.91. The summed E-state index contributed by atoms with van der Waals surface area (Å²) in [5.74, 6) is -2.34. The first-order valence-corrected chi connectivity index (χ1v) is 15.5. The molecule has 5 atom stereocenters. The Kier molecular flexibility index (Phi) is 8.02. The Balaban J connectivity index is 1.28. The van der Waals surface area contributed by atoms with E-state index >= 15 is 0 Å². The lowest BCUT2D eigenvalue weighted by Gasteiger charge is -2.30. The van der Waals surface area contributed by atoms with Crippen LogP contribution in [0.15, 0.2) is 48.5 Å². The molecule has 9 nitrogen and oxygen atoms in total. The summed E-state index contributed by atoms with van der Waals surface area (Å²) in [6, 6.07) is 12.1. The largest absolute Gasteiger partial charge is 0.479 e. The van der Waals surface area contributed by atoms with Crippen molar-refractivity contribution in [2.24, 2.45) is 5.92 Å². The van der Waals surface area contributed by atoms with Gasteiger partial charge in [0.15, 0.2) is 0 Å². The van der Waals surface area contributed by atoms with Crippen molar-refractivity contribution in [3.63, 3.8) is 0 Å². The number of ether oxygens (including phenoxy) is 1. The highest BCUT2D eigenvalue weighted by atomic mass is 32.1. The number of rotatable bonds is 5. The van der Waals surface area contributed by atoms with Gasteiger partial charge in [-0.25, -0.2) is 14.2 Å². The lowest BCUT2D eigenvalue weighted by atomic mass is 10.0. The zero-order valence-electron chi connectivity index (χ0n) is 23.3. The van der Waals surface area contributed by atoms with Crippen molar-refractivity contribution in [2.75, 3.05) is 11.9 Å². The van der Waals surface area contributed by atoms with E-state index in [0.717, 1.165) is 48.7 Å². The first kappa shape index (κ1) is 28.4. The average Bonchev–Trinajstić information content (AvgIpc) is 3.28. The summed E-state index contributed by atoms with van der Waals surface area (Å²) in [5.41, 5.74) is -0.00180. The number of carbonyl (C=O) groups is 3. The molecule has 1 saturated carbocycles. The number of para-hydroxylation sites is 1. The van der Waals surface area contributed by atoms with Crippen LogP contribution in [0, 0.1) is 11.7 Å². The van der Waals surface area contributed by atoms with Gasteiger partial charge in [-0.2, -0.15) is 0 Å². The predicted octanol–water partition coefficient (Wildman–Crippen LogP) is 4.97. The lowest BCUT2D eigenvalue weighted by molar-refractivity contribution is -0.145. The Morgan fingerprint density at radius 3 is 2.67 bits per heavy atom. The molecule has 3 aromatic rings. The van der Waals surface area contributed by atoms with Crippen molar-refractivity contribution in [1.29, 1.82) is 0 Å². The molecule has 3 heterocycles. The molecule has 3 aliphatic rings. The maximum Gasteiger partial charge on any atom is 0.329 e. The van der Waals surface area contributed by atoms with E-state index in [1.807, 2.05) is 24.3 Å². The number of benzene rings is 2. The number of fused-ring (bicyclic) bond motifs is 3. The lowest BCUT2D eigenvalue weighted by Crippen LogP contribution is -2.55. The first-order chi connectivity index (χ1) is 20.3. The summed E-state index contributed by atoms with van der Waals surface area (Å²) < 4.78 is 21.2. The fourth-order valence-electron chi connectivity index (χ4n) is 6.38. The van der Waals surface area contributed by atoms with Crippen LogP contribution in [-0.4, -0.2) is 63.0 Å². The highest BCUT2D eigenvalue weighted by molar-refractivity contribution is 7.20. The molecular formula is C31H35FN4O5S. The highest BCUT2D eigenvalue weighted by Crippen LogP contribution is 2.47. The molecule has 11 heteroatoms. The van der Waals surface area contributed by atoms with Crippen LogP contribution in [0.5, 0.6) is 5.19 Å². The summed E-state index contributed by atoms with van der Waals surface area (Å²) in [6.45, 7) is 0.150. The molecule has 2 aliphatic heterocycles. The van der Waals surface area contributed by atoms with Crippen molar-refractivity contribution >= 4 is 45.0 Å². The Bertz CT molecular complexity index is 1450. The SMILES string of the molecule is O=C1N[C@]2(C(=O)O)C[C@H]2CCCCCCC[C@H](Nc2cccc(F)c2)C(=O)N2C[C@H](Oc3nc4ccccc4s3)C[C@@H]12. The van der Waals surface area contributed by atoms with Gasteiger partial charge in [0.2, 0.25) is 11.8 Å². The van der Waals surface area contributed by atoms with Gasteiger partial charge in [0, 0.05) is 12.1 Å². The second-order valence-electron chi connectivity index (χ2n) is 11.6. The first-order valence-electron chi connectivity index (χ1n) is 14.7. The maximum atomic E-state index is 14.1. The standard InChI is InChI=1S/C31H35FN4O5S/c32-20-10-8-11-21(15-20)33-24-13-5-3-1-2-4-9-19-17-31(19,29(39)40)35-27(37)25-16-22(18-36(25)28(24)38)41-30-34-23-12-6-7-14-26(23)42-30/h6-8,10-12,14-15,19,22,24-25,33H,1-5,9,13,16-18H2,(H,35,37)(H,39,40)/t19-,22-,24+,25+,31-/m1/s1. The smallest absolute Gasteiger partial charge is 0.329 e. The molecule has 0 unspecified atom stereocenters. The van der Waals surface area contributed by atoms with Crippen molar-refractivity contribution < 1.29 is 28.6 Å². The Labute approximate surface area is 247 Å². The number of hydrogen-bond donors (Lipinski definition) is 3. The Morgan fingerprint density at radius 1 is 1.10 bits per heavy atom. The van der Waals surface area contributed by atoms with Crippen molar-refractivity contribution in [3.05, 3.63) is 54.3 Å². The van der Waals surface area contributed by atoms with Gasteiger partial charge >= 0.3 is 5.97 Å². The molecule has 2 saturated heterocycles. The molecule has 0 spiro atoms. The molecule has 222 valence electrons. The van der Waals surface area contributed by atoms with E-state index in [2.05, 4.69) is 15.6 Å². The van der Waals surface area contributed by atoms with E-state index in [-0.39, 0.29) is 24.8 Å². The van der Waals surface area contributed by atoms with E-state index in [9.17, 15) is 23.9 Å². The predicted molar refractivity (Wildman–Crippen MR) is 157 cm³/mol. The van der Waals surface area contributed by atoms with Crippen LogP contribution in [-0.2, 0) is 14.4 Å². The number of thiazole rings is 1. The monoisotopic (exact) mass is 594 g/mol. The number of nitrogens with one attached hydrogen (secondary N) is 2. The second kappa shape index (κ2) is 11.9. The minimum absolute atomic E-state index is 0.119. The van der Waals surface area contributed by atoms with Crippen molar-refractivity contribution in [3.8, 4) is 5.19 Å². The Hall–Kier alpha value is -3.73. The fourth-order valence-corrected chi connectivity index (χ4v) is 7.26. The number of aliphatic carboxylic acids is 1. The average molecular weight is 595 g/mol. The molecule has 42 heavy (non-hydrogen) atoms. The third-order valence-electron chi connectivity index (χ3n) is 8.73. The van der Waals surface area contributed by atoms with Gasteiger partial charge in [-0.3, -0.25) is 9.59 Å². The molecule has 2 amide bonds. The van der Waals surface area contributed by atoms with Gasteiger partial charge in [-0.15, -0.1) is 0 Å². The van der Waals surface area contributed by atoms with Crippen molar-refractivity contribution in [1.82, 2.24) is 15.2 Å². The van der Waals surface area contributed by atoms with E-state index in [4.69, 9.17) is 4.74 Å². The van der Waals surface area contributed by atoms with E-state index in [1.54, 1.807) is 12.1 Å². The highest BCUT2D eigenvalue weighted by Gasteiger charge is 2.62. The summed E-state index contributed by atoms with van der Waals surface area (Å²) >= 11 is 1.40. The van der Waals surface area contributed by atoms with Crippen LogP contribution in [0.2, 0.25) is 0 Å². The summed E-state index contributed by atoms with van der Waals surface area (Å²) in [4.78, 5) is 46.3. The normalized spacial score (nSPS) is 28.6. The van der Waals surface area contributed by atoms with Crippen LogP contribution >= 0.6 is 11.3 Å². The van der Waals surface area contributed by atoms with Gasteiger partial charge in [-0.05, 0) is 55.5 Å². The summed E-state index contributed by atoms with van der Waals surface area (Å²) in [7, 11) is 0. The number of halogens is 1. The molecule has 3 fully saturated rings. The Morgan fingerprint density at radius 2 is 1.88 bits per heavy atom. The van der Waals surface area contributed by atoms with E-state index in [0.29, 0.717) is 23.7 Å². The molecule has 3 N–H and O–H groups in total. The number of hydrogen-bond acceptors (Lipinski definition) is 7. The molecule has 1 aliphatic carbocycles. The van der Waals surface area contributed by atoms with Crippen LogP contribution in [0.1, 0.15) is 57.8 Å². The molecular weight excluding hydrogens is 559 g/mol. The fraction of sp³-hybridized carbons (Fsp3) is 0.484. The van der Waals surface area contributed by atoms with Gasteiger partial charge in [0.25, 0.3) is 5.19 Å². The molecule has 1 aromatic heterocycles. The molecule has 2 aromatic carbocycles. The topological polar surface area (TPSA) is 121 Å². The summed E-state index contributed by atoms with van der Waals surface area (Å²) in [5, 5.41) is 16.6. The zero-order chi connectivity index (χ0) is 29.3. The third kappa shape index (κ3) is 5.92. The van der Waals surface area contributed by atoms with Gasteiger partial charge in [-0.1, -0.05) is 61.6 Å². The van der Waals surface area contributed by atoms with Crippen LogP contribution in [0.4, 0.5) is 10.1 Å². The van der Waals surface area contributed by atoms with Crippen molar-refractivity contribution in [2.45, 2.75) is 81.5 Å². The van der Waals surface area contributed by atoms with Gasteiger partial charge in [0.1, 0.15) is 29.5 Å². The number of anilines is 1. The molecule has 6 rings (SSSR count). The number of aromatic nitrogens is 1. The number of carboxylic acid groups (broad SMARTS) is 1. The quantitative estimate of drug-likeness (QED) is 0.382. The van der Waals surface area contributed by atoms with Crippen LogP contribution in [0.3, 0.4) is 0 Å². The van der Waals surface area contributed by atoms with E-state index in [1.165, 1.54) is 28.4 Å². The minimum atomic E-state index is -1.29. The van der Waals surface area contributed by atoms with Gasteiger partial charge in [0.05, 0.1) is 16.8 Å². The zero-order valence-corrected chi connectivity index (χ0v) is 24.1.